The summed E-state index contributed by atoms with van der Waals surface area (Å²) in [6, 6.07) is -3.13. The third kappa shape index (κ3) is 14.2. The Hall–Kier alpha value is -2.91. The first-order valence-electron chi connectivity index (χ1n) is 32.5. The molecule has 9 rings (SSSR count). The molecule has 5 aliphatic heterocycles. The molecule has 32 atom stereocenters. The lowest BCUT2D eigenvalue weighted by molar-refractivity contribution is -0.380. The molecular weight excluding hydrogens is 1230 g/mol. The van der Waals surface area contributed by atoms with Crippen molar-refractivity contribution in [3.63, 3.8) is 0 Å². The van der Waals surface area contributed by atoms with Crippen LogP contribution in [0.25, 0.3) is 0 Å². The second kappa shape index (κ2) is 29.5. The van der Waals surface area contributed by atoms with E-state index in [1.54, 1.807) is 13.2 Å². The zero-order chi connectivity index (χ0) is 68.3. The normalized spacial score (nSPS) is 47.7. The first kappa shape index (κ1) is 74.3. The average molecular weight is 1340 g/mol. The smallest absolute Gasteiger partial charge is 0.217 e. The maximum Gasteiger partial charge on any atom is 0.217 e. The topological polar surface area (TPSA) is 460 Å². The summed E-state index contributed by atoms with van der Waals surface area (Å²) in [6.45, 7) is 12.8. The van der Waals surface area contributed by atoms with Crippen LogP contribution in [-0.4, -0.2) is 294 Å². The number of nitrogens with one attached hydrogen (secondary N) is 2. The Morgan fingerprint density at radius 3 is 1.72 bits per heavy atom. The minimum Gasteiger partial charge on any atom is -0.394 e. The monoisotopic (exact) mass is 1330 g/mol. The van der Waals surface area contributed by atoms with Crippen LogP contribution in [0.15, 0.2) is 22.8 Å². The van der Waals surface area contributed by atoms with Crippen molar-refractivity contribution in [2.24, 2.45) is 34.0 Å². The van der Waals surface area contributed by atoms with E-state index in [-0.39, 0.29) is 35.1 Å². The zero-order valence-corrected chi connectivity index (χ0v) is 54.5. The molecule has 3 saturated carbocycles. The maximum absolute atomic E-state index is 13.6. The van der Waals surface area contributed by atoms with Crippen LogP contribution in [0.3, 0.4) is 0 Å². The van der Waals surface area contributed by atoms with E-state index in [9.17, 15) is 85.9 Å². The number of fused-ring (bicyclic) bond motifs is 4. The number of hydrogen-bond acceptors (Lipinski definition) is 28. The molecule has 532 valence electrons. The van der Waals surface area contributed by atoms with Crippen LogP contribution in [-0.2, 0) is 66.5 Å². The van der Waals surface area contributed by atoms with Crippen LogP contribution >= 0.6 is 0 Å². The number of allylic oxidation sites excluding steroid dienone is 2. The molecule has 0 radical (unpaired) electrons. The van der Waals surface area contributed by atoms with E-state index in [4.69, 9.17) is 52.1 Å². The van der Waals surface area contributed by atoms with Crippen molar-refractivity contribution >= 4 is 17.6 Å². The molecule has 0 aromatic rings. The number of carbonyl (C=O) groups excluding carboxylic acids is 3. The Morgan fingerprint density at radius 1 is 0.613 bits per heavy atom. The lowest BCUT2D eigenvalue weighted by Gasteiger charge is -2.65. The van der Waals surface area contributed by atoms with Gasteiger partial charge in [0.15, 0.2) is 37.2 Å². The van der Waals surface area contributed by atoms with E-state index in [0.29, 0.717) is 51.4 Å². The van der Waals surface area contributed by atoms with Crippen LogP contribution in [0, 0.1) is 34.0 Å². The summed E-state index contributed by atoms with van der Waals surface area (Å²) in [5.74, 6) is -1.36. The van der Waals surface area contributed by atoms with Crippen molar-refractivity contribution < 1.29 is 138 Å². The van der Waals surface area contributed by atoms with Gasteiger partial charge in [0.25, 0.3) is 0 Å². The Kier molecular flexibility index (Phi) is 23.6. The van der Waals surface area contributed by atoms with Crippen molar-refractivity contribution in [1.82, 2.24) is 10.6 Å². The molecule has 2 amide bonds. The van der Waals surface area contributed by atoms with Gasteiger partial charge in [0.1, 0.15) is 116 Å². The van der Waals surface area contributed by atoms with E-state index in [1.807, 2.05) is 27.7 Å². The van der Waals surface area contributed by atoms with Gasteiger partial charge < -0.3 is 134 Å². The molecule has 0 spiro atoms. The number of amides is 2. The lowest BCUT2D eigenvalue weighted by atomic mass is 9.42. The summed E-state index contributed by atoms with van der Waals surface area (Å²) in [5.41, 5.74) is -0.0157. The van der Waals surface area contributed by atoms with E-state index in [1.165, 1.54) is 0 Å². The molecule has 0 aromatic heterocycles. The summed E-state index contributed by atoms with van der Waals surface area (Å²) in [5, 5.41) is 161. The zero-order valence-electron chi connectivity index (χ0n) is 54.5. The van der Waals surface area contributed by atoms with Gasteiger partial charge in [-0.1, -0.05) is 40.2 Å². The summed E-state index contributed by atoms with van der Waals surface area (Å²) >= 11 is 0. The van der Waals surface area contributed by atoms with E-state index in [2.05, 4.69) is 31.4 Å². The number of ketones is 1. The van der Waals surface area contributed by atoms with Gasteiger partial charge in [-0.2, -0.15) is 0 Å². The summed E-state index contributed by atoms with van der Waals surface area (Å²) in [6.07, 6.45) is -34.1. The molecule has 9 aliphatic rings. The van der Waals surface area contributed by atoms with Gasteiger partial charge in [0.05, 0.1) is 50.8 Å². The number of methoxy groups -OCH3 is 1. The Bertz CT molecular complexity index is 2650. The van der Waals surface area contributed by atoms with Gasteiger partial charge >= 0.3 is 0 Å². The summed E-state index contributed by atoms with van der Waals surface area (Å²) in [4.78, 5) is 38.6. The molecule has 1 unspecified atom stereocenters. The number of aliphatic hydroxyl groups is 14. The number of hydrogen-bond donors (Lipinski definition) is 16. The number of rotatable bonds is 21. The van der Waals surface area contributed by atoms with Crippen molar-refractivity contribution in [2.75, 3.05) is 40.1 Å². The summed E-state index contributed by atoms with van der Waals surface area (Å²) < 4.78 is 68.0. The molecule has 30 heteroatoms. The third-order valence-electron chi connectivity index (χ3n) is 22.1. The Labute approximate surface area is 540 Å². The Balaban J connectivity index is 1.00. The molecule has 8 fully saturated rings. The van der Waals surface area contributed by atoms with Crippen molar-refractivity contribution in [1.29, 1.82) is 0 Å². The minimum absolute atomic E-state index is 0.0467. The fourth-order valence-electron chi connectivity index (χ4n) is 17.1. The van der Waals surface area contributed by atoms with Gasteiger partial charge in [0.2, 0.25) is 11.8 Å². The van der Waals surface area contributed by atoms with Gasteiger partial charge in [-0.25, -0.2) is 0 Å². The van der Waals surface area contributed by atoms with E-state index >= 15 is 0 Å². The molecule has 93 heavy (non-hydrogen) atoms. The average Bonchev–Trinajstić information content (AvgIpc) is 1.67. The third-order valence-corrected chi connectivity index (χ3v) is 22.1. The van der Waals surface area contributed by atoms with Crippen LogP contribution < -0.4 is 10.6 Å². The van der Waals surface area contributed by atoms with Crippen molar-refractivity contribution in [2.45, 2.75) is 279 Å². The predicted octanol–water partition coefficient (Wildman–Crippen LogP) is -3.94. The number of ether oxygens (including phenoxy) is 11. The van der Waals surface area contributed by atoms with Crippen molar-refractivity contribution in [3.05, 3.63) is 22.8 Å². The molecule has 4 aliphatic carbocycles. The van der Waals surface area contributed by atoms with Crippen LogP contribution in [0.2, 0.25) is 0 Å². The second-order valence-corrected chi connectivity index (χ2v) is 28.6. The van der Waals surface area contributed by atoms with E-state index in [0.717, 1.165) is 30.6 Å². The highest BCUT2D eigenvalue weighted by Crippen LogP contribution is 2.70. The SMILES string of the molecule is COC1C[C@H]([C@H](C)CC(=O)C=C(C)C)[C@@]2(C)CC[C@@]3(O)C(=C12)CC[C@H]1C(C)(C)[C@@H](O[C@@H]2OC[C@@H](O[C@@H]4O[C@H](CO)[C@H](O)[C@H](O)[C@H]4NC(C)=O)[C@H](O)[C@H]2O[C@@H]2O[C@H](CO[C@@H]4O[C@H](CO)[C@@H](O)[C@H](O)[C@H]4O[C@@H]4O[C@H](CO)[C@@H](O)[C@H](O)[C@H]4O)[C@@H](O)[C@H](O)[C@H]2NC(C)=O)CC[C@@]13C. The highest BCUT2D eigenvalue weighted by Gasteiger charge is 2.68. The first-order valence-corrected chi connectivity index (χ1v) is 32.5. The standard InChI is InChI=1S/C63H102N2O28/c1-25(2)17-29(71)18-26(3)31-19-32(83-10)40-30-11-12-38-60(6,7)39(13-14-62(38,9)63(30,82)16-15-61(31,40)8)91-59-53(47(76)37(24-85-59)90-55-41(64-27(4)69)48(77)43(72)33(20-66)86-55)92-56-42(65-28(5)70)49(78)46(75)36(89-56)23-84-58-54(51(80)45(74)35(22-68)88-58)93-57-52(81)50(79)44(73)34(21-67)87-57/h17,26,31-39,41-59,66-68,72-82H,11-16,18-24H2,1-10H3,(H,64,69)(H,65,70)/t26-,31-,32?,33-,34-,35-,36-,37-,38+,39+,41-,42-,43+,44-,45-,46-,47+,48-,49-,50+,51+,52-,53-,54-,55+,56+,57+,58-,59+,61-,62+,63-/m1/s1. The Morgan fingerprint density at radius 2 is 1.14 bits per heavy atom. The molecule has 5 saturated heterocycles. The van der Waals surface area contributed by atoms with Crippen LogP contribution in [0.5, 0.6) is 0 Å². The fourth-order valence-corrected chi connectivity index (χ4v) is 17.1. The van der Waals surface area contributed by atoms with Gasteiger partial charge in [-0.3, -0.25) is 14.4 Å². The van der Waals surface area contributed by atoms with Gasteiger partial charge in [-0.15, -0.1) is 0 Å². The quantitative estimate of drug-likeness (QED) is 0.0296. The molecule has 16 N–H and O–H groups in total. The second-order valence-electron chi connectivity index (χ2n) is 28.6. The molecule has 0 aromatic carbocycles. The molecule has 5 heterocycles. The van der Waals surface area contributed by atoms with E-state index < -0.39 is 215 Å². The largest absolute Gasteiger partial charge is 0.394 e. The van der Waals surface area contributed by atoms with Gasteiger partial charge in [-0.05, 0) is 105 Å². The van der Waals surface area contributed by atoms with Crippen molar-refractivity contribution in [3.8, 4) is 0 Å². The molecule has 30 nitrogen and oxygen atoms in total. The van der Waals surface area contributed by atoms with Gasteiger partial charge in [0, 0.05) is 32.8 Å². The highest BCUT2D eigenvalue weighted by molar-refractivity contribution is 5.90. The molecular formula is C63H102N2O28. The number of aliphatic hydroxyl groups excluding tert-OH is 13. The first-order chi connectivity index (χ1) is 43.7. The number of carbonyl (C=O) groups is 3. The predicted molar refractivity (Wildman–Crippen MR) is 317 cm³/mol. The highest BCUT2D eigenvalue weighted by atomic mass is 16.8. The molecule has 0 bridgehead atoms. The van der Waals surface area contributed by atoms with Crippen LogP contribution in [0.1, 0.15) is 114 Å². The lowest BCUT2D eigenvalue weighted by Crippen LogP contribution is -2.69. The minimum atomic E-state index is -2.00. The maximum atomic E-state index is 13.6. The summed E-state index contributed by atoms with van der Waals surface area (Å²) in [7, 11) is 1.70. The van der Waals surface area contributed by atoms with Crippen LogP contribution in [0.4, 0.5) is 0 Å². The fraction of sp³-hybridized carbons (Fsp3) is 0.889.